The molecule has 1 fully saturated rings. The van der Waals surface area contributed by atoms with E-state index >= 15 is 0 Å². The first kappa shape index (κ1) is 19.5. The Hall–Kier alpha value is -3.26. The number of carbonyl (C=O) groups is 3. The second-order valence-corrected chi connectivity index (χ2v) is 6.71. The van der Waals surface area contributed by atoms with Crippen LogP contribution in [0.2, 0.25) is 0 Å². The van der Waals surface area contributed by atoms with Gasteiger partial charge >= 0.3 is 6.03 Å². The lowest BCUT2D eigenvalue weighted by Crippen LogP contribution is -2.33. The van der Waals surface area contributed by atoms with Gasteiger partial charge in [-0.3, -0.25) is 14.5 Å². The van der Waals surface area contributed by atoms with E-state index in [1.54, 1.807) is 55.3 Å². The summed E-state index contributed by atoms with van der Waals surface area (Å²) >= 11 is 0. The average molecular weight is 384 g/mol. The van der Waals surface area contributed by atoms with E-state index in [1.807, 2.05) is 0 Å². The summed E-state index contributed by atoms with van der Waals surface area (Å²) in [6, 6.07) is 11.6. The summed E-state index contributed by atoms with van der Waals surface area (Å²) < 4.78 is 13.0. The highest BCUT2D eigenvalue weighted by Gasteiger charge is 2.37. The third kappa shape index (κ3) is 4.34. The van der Waals surface area contributed by atoms with Crippen molar-refractivity contribution in [3.8, 4) is 0 Å². The van der Waals surface area contributed by atoms with E-state index in [-0.39, 0.29) is 24.2 Å². The van der Waals surface area contributed by atoms with Crippen LogP contribution in [0.4, 0.5) is 20.6 Å². The van der Waals surface area contributed by atoms with Crippen LogP contribution in [0, 0.1) is 5.82 Å². The topological polar surface area (TPSA) is 81.8 Å². The van der Waals surface area contributed by atoms with Crippen LogP contribution in [0.5, 0.6) is 0 Å². The van der Waals surface area contributed by atoms with Gasteiger partial charge in [-0.05, 0) is 43.8 Å². The minimum atomic E-state index is -0.613. The van der Waals surface area contributed by atoms with Crippen molar-refractivity contribution in [2.24, 2.45) is 0 Å². The molecule has 1 atom stereocenters. The smallest absolute Gasteiger partial charge is 0.326 e. The Kier molecular flexibility index (Phi) is 5.70. The van der Waals surface area contributed by atoms with Crippen molar-refractivity contribution >= 4 is 29.2 Å². The molecule has 28 heavy (non-hydrogen) atoms. The maximum absolute atomic E-state index is 13.0. The van der Waals surface area contributed by atoms with Crippen molar-refractivity contribution in [3.05, 3.63) is 59.9 Å². The van der Waals surface area contributed by atoms with E-state index in [0.717, 1.165) is 10.5 Å². The van der Waals surface area contributed by atoms with Crippen LogP contribution in [-0.4, -0.2) is 42.4 Å². The van der Waals surface area contributed by atoms with Crippen LogP contribution >= 0.6 is 0 Å². The second kappa shape index (κ2) is 8.18. The molecule has 0 aliphatic carbocycles. The number of nitrogens with zero attached hydrogens (tertiary/aromatic N) is 2. The van der Waals surface area contributed by atoms with E-state index < -0.39 is 12.1 Å². The Morgan fingerprint density at radius 1 is 1.18 bits per heavy atom. The second-order valence-electron chi connectivity index (χ2n) is 6.71. The Bertz CT molecular complexity index is 901. The van der Waals surface area contributed by atoms with Crippen LogP contribution in [0.1, 0.15) is 12.5 Å². The molecule has 0 saturated carbocycles. The largest absolute Gasteiger partial charge is 0.329 e. The maximum atomic E-state index is 13.0. The number of amides is 4. The molecule has 1 saturated heterocycles. The number of halogens is 1. The Labute approximate surface area is 162 Å². The number of urea groups is 1. The van der Waals surface area contributed by atoms with Crippen LogP contribution < -0.4 is 15.5 Å². The molecule has 7 nitrogen and oxygen atoms in total. The van der Waals surface area contributed by atoms with Gasteiger partial charge in [0.1, 0.15) is 11.9 Å². The number of nitrogens with one attached hydrogen (secondary N) is 2. The highest BCUT2D eigenvalue weighted by atomic mass is 19.1. The molecule has 0 spiro atoms. The SMILES string of the molecule is CC1NC(=O)N(c2ccccc2NC(=O)CN(C)Cc2ccc(F)cc2)C1=O. The van der Waals surface area contributed by atoms with Gasteiger partial charge < -0.3 is 10.6 Å². The molecule has 146 valence electrons. The number of rotatable bonds is 6. The first-order valence-electron chi connectivity index (χ1n) is 8.81. The average Bonchev–Trinajstić information content (AvgIpc) is 2.89. The van der Waals surface area contributed by atoms with Crippen LogP contribution in [0.3, 0.4) is 0 Å². The number of carbonyl (C=O) groups excluding carboxylic acids is 3. The number of para-hydroxylation sites is 2. The summed E-state index contributed by atoms with van der Waals surface area (Å²) in [6.45, 7) is 2.16. The predicted molar refractivity (Wildman–Crippen MR) is 103 cm³/mol. The van der Waals surface area contributed by atoms with Crippen molar-refractivity contribution in [1.29, 1.82) is 0 Å². The molecule has 2 aromatic rings. The summed E-state index contributed by atoms with van der Waals surface area (Å²) in [5.74, 6) is -0.979. The van der Waals surface area contributed by atoms with Crippen molar-refractivity contribution in [2.75, 3.05) is 23.8 Å². The van der Waals surface area contributed by atoms with Crippen LogP contribution in [-0.2, 0) is 16.1 Å². The lowest BCUT2D eigenvalue weighted by Gasteiger charge is -2.20. The van der Waals surface area contributed by atoms with Crippen molar-refractivity contribution in [2.45, 2.75) is 19.5 Å². The minimum Gasteiger partial charge on any atom is -0.326 e. The molecular formula is C20H21FN4O3. The minimum absolute atomic E-state index is 0.0856. The molecule has 2 aromatic carbocycles. The molecule has 0 radical (unpaired) electrons. The predicted octanol–water partition coefficient (Wildman–Crippen LogP) is 2.34. The van der Waals surface area contributed by atoms with Gasteiger partial charge in [-0.1, -0.05) is 24.3 Å². The first-order chi connectivity index (χ1) is 13.3. The molecule has 8 heteroatoms. The summed E-state index contributed by atoms with van der Waals surface area (Å²) in [5.41, 5.74) is 1.58. The summed E-state index contributed by atoms with van der Waals surface area (Å²) in [6.07, 6.45) is 0. The quantitative estimate of drug-likeness (QED) is 0.749. The molecular weight excluding hydrogens is 363 g/mol. The fraction of sp³-hybridized carbons (Fsp3) is 0.250. The summed E-state index contributed by atoms with van der Waals surface area (Å²) in [7, 11) is 1.77. The van der Waals surface area contributed by atoms with E-state index in [4.69, 9.17) is 0 Å². The third-order valence-corrected chi connectivity index (χ3v) is 4.33. The molecule has 2 N–H and O–H groups in total. The molecule has 0 aromatic heterocycles. The van der Waals surface area contributed by atoms with Gasteiger partial charge in [-0.15, -0.1) is 0 Å². The Morgan fingerprint density at radius 3 is 2.50 bits per heavy atom. The van der Waals surface area contributed by atoms with Gasteiger partial charge in [-0.2, -0.15) is 0 Å². The van der Waals surface area contributed by atoms with Crippen molar-refractivity contribution < 1.29 is 18.8 Å². The zero-order chi connectivity index (χ0) is 20.3. The zero-order valence-electron chi connectivity index (χ0n) is 15.6. The Morgan fingerprint density at radius 2 is 1.86 bits per heavy atom. The van der Waals surface area contributed by atoms with Gasteiger partial charge in [0.15, 0.2) is 0 Å². The monoisotopic (exact) mass is 384 g/mol. The van der Waals surface area contributed by atoms with Gasteiger partial charge in [-0.25, -0.2) is 14.1 Å². The third-order valence-electron chi connectivity index (χ3n) is 4.33. The number of anilines is 2. The van der Waals surface area contributed by atoms with E-state index in [2.05, 4.69) is 10.6 Å². The van der Waals surface area contributed by atoms with Crippen molar-refractivity contribution in [1.82, 2.24) is 10.2 Å². The molecule has 1 aliphatic rings. The normalized spacial score (nSPS) is 16.4. The molecule has 1 heterocycles. The number of hydrogen-bond donors (Lipinski definition) is 2. The number of likely N-dealkylation sites (N-methyl/N-ethyl adjacent to an activating group) is 1. The van der Waals surface area contributed by atoms with Crippen LogP contribution in [0.25, 0.3) is 0 Å². The van der Waals surface area contributed by atoms with Crippen molar-refractivity contribution in [3.63, 3.8) is 0 Å². The fourth-order valence-electron chi connectivity index (χ4n) is 3.00. The van der Waals surface area contributed by atoms with Gasteiger partial charge in [0.2, 0.25) is 5.91 Å². The number of hydrogen-bond acceptors (Lipinski definition) is 4. The lowest BCUT2D eigenvalue weighted by atomic mass is 10.2. The van der Waals surface area contributed by atoms with Crippen LogP contribution in [0.15, 0.2) is 48.5 Å². The molecule has 0 bridgehead atoms. The molecule has 4 amide bonds. The molecule has 1 aliphatic heterocycles. The standard InChI is InChI=1S/C20H21FN4O3/c1-13-19(27)25(20(28)22-13)17-6-4-3-5-16(17)23-18(26)12-24(2)11-14-7-9-15(21)10-8-14/h3-10,13H,11-12H2,1-2H3,(H,22,28)(H,23,26). The van der Waals surface area contributed by atoms with E-state index in [0.29, 0.717) is 17.9 Å². The molecule has 1 unspecified atom stereocenters. The highest BCUT2D eigenvalue weighted by molar-refractivity contribution is 6.23. The van der Waals surface area contributed by atoms with E-state index in [9.17, 15) is 18.8 Å². The number of imide groups is 1. The zero-order valence-corrected chi connectivity index (χ0v) is 15.6. The number of benzene rings is 2. The fourth-order valence-corrected chi connectivity index (χ4v) is 3.00. The summed E-state index contributed by atoms with van der Waals surface area (Å²) in [4.78, 5) is 39.6. The summed E-state index contributed by atoms with van der Waals surface area (Å²) in [5, 5.41) is 5.30. The molecule has 3 rings (SSSR count). The van der Waals surface area contributed by atoms with Gasteiger partial charge in [0.05, 0.1) is 17.9 Å². The lowest BCUT2D eigenvalue weighted by molar-refractivity contribution is -0.118. The Balaban J connectivity index is 1.67. The van der Waals surface area contributed by atoms with Gasteiger partial charge in [0, 0.05) is 6.54 Å². The van der Waals surface area contributed by atoms with Gasteiger partial charge in [0.25, 0.3) is 5.91 Å². The van der Waals surface area contributed by atoms with E-state index in [1.165, 1.54) is 12.1 Å². The highest BCUT2D eigenvalue weighted by Crippen LogP contribution is 2.28. The first-order valence-corrected chi connectivity index (χ1v) is 8.81. The maximum Gasteiger partial charge on any atom is 0.329 e.